The summed E-state index contributed by atoms with van der Waals surface area (Å²) in [4.78, 5) is 14.3. The predicted molar refractivity (Wildman–Crippen MR) is 86.4 cm³/mol. The van der Waals surface area contributed by atoms with Gasteiger partial charge in [0.1, 0.15) is 5.60 Å². The summed E-state index contributed by atoms with van der Waals surface area (Å²) in [5.41, 5.74) is 1.09. The van der Waals surface area contributed by atoms with E-state index in [1.807, 2.05) is 20.8 Å². The van der Waals surface area contributed by atoms with E-state index in [9.17, 15) is 4.79 Å². The van der Waals surface area contributed by atoms with Crippen LogP contribution >= 0.6 is 0 Å². The minimum absolute atomic E-state index is 0.145. The fraction of sp³-hybridized carbons (Fsp3) is 0.611. The number of fused-ring (bicyclic) bond motifs is 1. The second-order valence-corrected chi connectivity index (χ2v) is 7.65. The molecule has 1 aliphatic heterocycles. The Labute approximate surface area is 132 Å². The zero-order valence-electron chi connectivity index (χ0n) is 13.8. The van der Waals surface area contributed by atoms with Gasteiger partial charge in [0.15, 0.2) is 0 Å². The Bertz CT molecular complexity index is 538. The van der Waals surface area contributed by atoms with Crippen LogP contribution in [0.2, 0.25) is 0 Å². The molecule has 2 aliphatic rings. The molecule has 2 fully saturated rings. The molecule has 0 amide bonds. The lowest BCUT2D eigenvalue weighted by molar-refractivity contribution is -0.153. The van der Waals surface area contributed by atoms with Gasteiger partial charge in [0.2, 0.25) is 0 Å². The second-order valence-electron chi connectivity index (χ2n) is 7.65. The molecule has 1 aromatic carbocycles. The highest BCUT2D eigenvalue weighted by molar-refractivity contribution is 5.72. The third-order valence-electron chi connectivity index (χ3n) is 4.47. The van der Waals surface area contributed by atoms with Crippen molar-refractivity contribution in [2.75, 3.05) is 19.6 Å². The lowest BCUT2D eigenvalue weighted by Gasteiger charge is -2.23. The van der Waals surface area contributed by atoms with Crippen molar-refractivity contribution >= 4 is 5.97 Å². The van der Waals surface area contributed by atoms with E-state index in [-0.39, 0.29) is 11.5 Å². The number of nitrogens with one attached hydrogen (secondary N) is 1. The van der Waals surface area contributed by atoms with Gasteiger partial charge >= 0.3 is 5.97 Å². The van der Waals surface area contributed by atoms with Crippen LogP contribution in [-0.4, -0.2) is 41.6 Å². The number of esters is 1. The van der Waals surface area contributed by atoms with Crippen LogP contribution in [0.25, 0.3) is 0 Å². The Morgan fingerprint density at radius 3 is 2.77 bits per heavy atom. The molecule has 22 heavy (non-hydrogen) atoms. The summed E-state index contributed by atoms with van der Waals surface area (Å²) in [7, 11) is 0. The largest absolute Gasteiger partial charge is 0.459 e. The summed E-state index contributed by atoms with van der Waals surface area (Å²) >= 11 is 0. The molecule has 1 N–H and O–H groups in total. The van der Waals surface area contributed by atoms with Crippen molar-refractivity contribution in [2.24, 2.45) is 5.92 Å². The van der Waals surface area contributed by atoms with E-state index in [1.54, 1.807) is 0 Å². The maximum atomic E-state index is 11.9. The van der Waals surface area contributed by atoms with Gasteiger partial charge in [-0.2, -0.15) is 0 Å². The SMILES string of the molecule is CC(C)(C)OC(=O)CNC12CC1CN(Cc1ccccc1)C2. The summed E-state index contributed by atoms with van der Waals surface area (Å²) in [6, 6.07) is 10.6. The van der Waals surface area contributed by atoms with Crippen LogP contribution in [0.3, 0.4) is 0 Å². The van der Waals surface area contributed by atoms with Crippen LogP contribution in [0.4, 0.5) is 0 Å². The summed E-state index contributed by atoms with van der Waals surface area (Å²) in [5.74, 6) is 0.521. The highest BCUT2D eigenvalue weighted by atomic mass is 16.6. The number of hydrogen-bond donors (Lipinski definition) is 1. The summed E-state index contributed by atoms with van der Waals surface area (Å²) in [6.45, 7) is 9.16. The van der Waals surface area contributed by atoms with E-state index >= 15 is 0 Å². The van der Waals surface area contributed by atoms with Gasteiger partial charge in [-0.3, -0.25) is 15.0 Å². The Morgan fingerprint density at radius 2 is 2.09 bits per heavy atom. The number of likely N-dealkylation sites (tertiary alicyclic amines) is 1. The second kappa shape index (κ2) is 5.67. The molecule has 1 heterocycles. The average Bonchev–Trinajstić information content (AvgIpc) is 2.98. The molecule has 4 heteroatoms. The van der Waals surface area contributed by atoms with Crippen molar-refractivity contribution in [2.45, 2.75) is 44.9 Å². The molecule has 2 unspecified atom stereocenters. The highest BCUT2D eigenvalue weighted by Gasteiger charge is 2.59. The van der Waals surface area contributed by atoms with Crippen LogP contribution in [0, 0.1) is 5.92 Å². The van der Waals surface area contributed by atoms with Gasteiger partial charge in [0.05, 0.1) is 6.54 Å². The molecule has 120 valence electrons. The highest BCUT2D eigenvalue weighted by Crippen LogP contribution is 2.49. The van der Waals surface area contributed by atoms with Gasteiger partial charge in [-0.05, 0) is 38.7 Å². The summed E-state index contributed by atoms with van der Waals surface area (Å²) in [6.07, 6.45) is 1.18. The maximum absolute atomic E-state index is 11.9. The minimum Gasteiger partial charge on any atom is -0.459 e. The number of ether oxygens (including phenoxy) is 1. The quantitative estimate of drug-likeness (QED) is 0.847. The molecule has 4 nitrogen and oxygen atoms in total. The van der Waals surface area contributed by atoms with E-state index in [0.717, 1.165) is 19.6 Å². The third-order valence-corrected chi connectivity index (χ3v) is 4.47. The smallest absolute Gasteiger partial charge is 0.320 e. The van der Waals surface area contributed by atoms with E-state index < -0.39 is 5.60 Å². The first-order valence-electron chi connectivity index (χ1n) is 8.09. The van der Waals surface area contributed by atoms with E-state index in [0.29, 0.717) is 12.5 Å². The Hall–Kier alpha value is -1.39. The monoisotopic (exact) mass is 302 g/mol. The topological polar surface area (TPSA) is 41.6 Å². The molecule has 0 aromatic heterocycles. The molecule has 0 spiro atoms. The van der Waals surface area contributed by atoms with Crippen molar-refractivity contribution in [3.8, 4) is 0 Å². The summed E-state index contributed by atoms with van der Waals surface area (Å²) < 4.78 is 5.37. The summed E-state index contributed by atoms with van der Waals surface area (Å²) in [5, 5.41) is 3.45. The van der Waals surface area contributed by atoms with Gasteiger partial charge in [0, 0.05) is 25.2 Å². The first-order chi connectivity index (χ1) is 10.4. The van der Waals surface area contributed by atoms with E-state index in [2.05, 4.69) is 40.5 Å². The molecule has 0 radical (unpaired) electrons. The number of nitrogens with zero attached hydrogens (tertiary/aromatic N) is 1. The van der Waals surface area contributed by atoms with Crippen LogP contribution in [-0.2, 0) is 16.1 Å². The van der Waals surface area contributed by atoms with Crippen LogP contribution in [0.1, 0.15) is 32.8 Å². The van der Waals surface area contributed by atoms with Crippen LogP contribution in [0.5, 0.6) is 0 Å². The van der Waals surface area contributed by atoms with Crippen LogP contribution < -0.4 is 5.32 Å². The van der Waals surface area contributed by atoms with Gasteiger partial charge in [-0.25, -0.2) is 0 Å². The Morgan fingerprint density at radius 1 is 1.36 bits per heavy atom. The first-order valence-corrected chi connectivity index (χ1v) is 8.09. The number of carbonyl (C=O) groups excluding carboxylic acids is 1. The van der Waals surface area contributed by atoms with Crippen molar-refractivity contribution in [3.63, 3.8) is 0 Å². The molecule has 3 rings (SSSR count). The Kier molecular flexibility index (Phi) is 4.00. The molecule has 2 atom stereocenters. The van der Waals surface area contributed by atoms with Gasteiger partial charge in [-0.1, -0.05) is 30.3 Å². The zero-order valence-corrected chi connectivity index (χ0v) is 13.8. The minimum atomic E-state index is -0.408. The molecule has 1 aliphatic carbocycles. The predicted octanol–water partition coefficient (Wildman–Crippen LogP) is 2.19. The zero-order chi connectivity index (χ0) is 15.8. The lowest BCUT2D eigenvalue weighted by Crippen LogP contribution is -2.42. The average molecular weight is 302 g/mol. The number of rotatable bonds is 5. The lowest BCUT2D eigenvalue weighted by atomic mass is 10.2. The molecule has 1 saturated carbocycles. The maximum Gasteiger partial charge on any atom is 0.320 e. The van der Waals surface area contributed by atoms with Crippen LogP contribution in [0.15, 0.2) is 30.3 Å². The molecular weight excluding hydrogens is 276 g/mol. The van der Waals surface area contributed by atoms with Crippen molar-refractivity contribution < 1.29 is 9.53 Å². The van der Waals surface area contributed by atoms with Crippen molar-refractivity contribution in [3.05, 3.63) is 35.9 Å². The fourth-order valence-electron chi connectivity index (χ4n) is 3.45. The van der Waals surface area contributed by atoms with Crippen molar-refractivity contribution in [1.29, 1.82) is 0 Å². The van der Waals surface area contributed by atoms with Crippen molar-refractivity contribution in [1.82, 2.24) is 10.2 Å². The third kappa shape index (κ3) is 3.68. The Balaban J connectivity index is 1.47. The van der Waals surface area contributed by atoms with Gasteiger partial charge in [0.25, 0.3) is 0 Å². The number of carbonyl (C=O) groups is 1. The molecule has 1 aromatic rings. The normalized spacial score (nSPS) is 27.5. The number of benzene rings is 1. The number of hydrogen-bond acceptors (Lipinski definition) is 4. The first kappa shape index (κ1) is 15.5. The van der Waals surface area contributed by atoms with Gasteiger partial charge in [-0.15, -0.1) is 0 Å². The van der Waals surface area contributed by atoms with E-state index in [1.165, 1.54) is 12.0 Å². The standard InChI is InChI=1S/C18H26N2O2/c1-17(2,3)22-16(21)10-19-18-9-15(18)12-20(13-18)11-14-7-5-4-6-8-14/h4-8,15,19H,9-13H2,1-3H3. The molecule has 1 saturated heterocycles. The molecule has 0 bridgehead atoms. The fourth-order valence-corrected chi connectivity index (χ4v) is 3.45. The van der Waals surface area contributed by atoms with Gasteiger partial charge < -0.3 is 4.74 Å². The molecular formula is C18H26N2O2. The van der Waals surface area contributed by atoms with E-state index in [4.69, 9.17) is 4.74 Å². The number of piperidine rings is 1.